The van der Waals surface area contributed by atoms with E-state index in [0.29, 0.717) is 0 Å². The van der Waals surface area contributed by atoms with Crippen LogP contribution in [-0.4, -0.2) is 66.7 Å². The van der Waals surface area contributed by atoms with Crippen molar-refractivity contribution in [1.29, 1.82) is 0 Å². The number of hydrogen-bond acceptors (Lipinski definition) is 11. The normalized spacial score (nSPS) is 26.9. The molecule has 1 saturated heterocycles. The maximum Gasteiger partial charge on any atom is 0.305 e. The maximum absolute atomic E-state index is 11.8. The molecule has 0 aliphatic carbocycles. The van der Waals surface area contributed by atoms with E-state index in [-0.39, 0.29) is 5.92 Å². The highest BCUT2D eigenvalue weighted by Crippen LogP contribution is 2.33. The number of hydrogen-bond donors (Lipinski definition) is 0. The predicted molar refractivity (Wildman–Crippen MR) is 97.5 cm³/mol. The summed E-state index contributed by atoms with van der Waals surface area (Å²) in [7, 11) is 0. The van der Waals surface area contributed by atoms with Crippen LogP contribution in [0.2, 0.25) is 0 Å². The van der Waals surface area contributed by atoms with E-state index in [1.54, 1.807) is 13.8 Å². The Balaban J connectivity index is 3.53. The molecule has 170 valence electrons. The second-order valence-electron chi connectivity index (χ2n) is 7.12. The van der Waals surface area contributed by atoms with E-state index in [9.17, 15) is 24.0 Å². The Morgan fingerprint density at radius 2 is 1.07 bits per heavy atom. The molecule has 1 fully saturated rings. The molecule has 1 unspecified atom stereocenters. The SMILES string of the molecule is CC(=O)OC1O[C@H]([C@@H](OC(C)=O)C(C)C)[C@@H](OC(C)=O)[C@H](OC(C)=O)[C@@H]1OC(C)=O. The van der Waals surface area contributed by atoms with Gasteiger partial charge in [-0.15, -0.1) is 0 Å². The van der Waals surface area contributed by atoms with Gasteiger partial charge < -0.3 is 28.4 Å². The second kappa shape index (κ2) is 10.9. The lowest BCUT2D eigenvalue weighted by Gasteiger charge is -2.46. The fourth-order valence-corrected chi connectivity index (χ4v) is 3.10. The molecular formula is C19H28O11. The highest BCUT2D eigenvalue weighted by atomic mass is 16.7. The van der Waals surface area contributed by atoms with Gasteiger partial charge in [0.2, 0.25) is 12.4 Å². The third-order valence-electron chi connectivity index (χ3n) is 4.00. The molecule has 1 heterocycles. The minimum absolute atomic E-state index is 0.335. The van der Waals surface area contributed by atoms with Gasteiger partial charge in [-0.05, 0) is 5.92 Å². The van der Waals surface area contributed by atoms with Crippen molar-refractivity contribution >= 4 is 29.8 Å². The first kappa shape index (κ1) is 25.3. The van der Waals surface area contributed by atoms with Crippen LogP contribution in [-0.2, 0) is 52.4 Å². The molecule has 30 heavy (non-hydrogen) atoms. The van der Waals surface area contributed by atoms with Crippen molar-refractivity contribution in [3.63, 3.8) is 0 Å². The minimum atomic E-state index is -1.51. The Hall–Kier alpha value is -2.69. The zero-order valence-electron chi connectivity index (χ0n) is 18.0. The first-order valence-corrected chi connectivity index (χ1v) is 9.35. The number of carbonyl (C=O) groups is 5. The lowest BCUT2D eigenvalue weighted by atomic mass is 9.89. The van der Waals surface area contributed by atoms with Crippen LogP contribution in [0.3, 0.4) is 0 Å². The molecule has 11 nitrogen and oxygen atoms in total. The van der Waals surface area contributed by atoms with Crippen molar-refractivity contribution in [2.24, 2.45) is 5.92 Å². The van der Waals surface area contributed by atoms with Crippen LogP contribution in [0.25, 0.3) is 0 Å². The lowest BCUT2D eigenvalue weighted by Crippen LogP contribution is -2.65. The van der Waals surface area contributed by atoms with Crippen LogP contribution in [0.15, 0.2) is 0 Å². The third-order valence-corrected chi connectivity index (χ3v) is 4.00. The van der Waals surface area contributed by atoms with Gasteiger partial charge in [-0.3, -0.25) is 24.0 Å². The van der Waals surface area contributed by atoms with Crippen LogP contribution in [0.4, 0.5) is 0 Å². The number of rotatable bonds is 7. The Bertz CT molecular complexity index is 671. The van der Waals surface area contributed by atoms with Crippen molar-refractivity contribution in [1.82, 2.24) is 0 Å². The zero-order valence-corrected chi connectivity index (χ0v) is 18.0. The monoisotopic (exact) mass is 432 g/mol. The van der Waals surface area contributed by atoms with Gasteiger partial charge >= 0.3 is 29.8 Å². The summed E-state index contributed by atoms with van der Waals surface area (Å²) in [6, 6.07) is 0. The van der Waals surface area contributed by atoms with Gasteiger partial charge in [0.1, 0.15) is 12.2 Å². The quantitative estimate of drug-likeness (QED) is 0.414. The zero-order chi connectivity index (χ0) is 23.2. The smallest absolute Gasteiger partial charge is 0.305 e. The average molecular weight is 432 g/mol. The molecule has 0 aromatic carbocycles. The lowest BCUT2D eigenvalue weighted by molar-refractivity contribution is -0.310. The van der Waals surface area contributed by atoms with Gasteiger partial charge in [-0.1, -0.05) is 13.8 Å². The third kappa shape index (κ3) is 7.29. The van der Waals surface area contributed by atoms with Gasteiger partial charge in [0.25, 0.3) is 0 Å². The molecule has 0 N–H and O–H groups in total. The standard InChI is InChI=1S/C19H28O11/c1-8(2)14(25-9(3)20)15-16(26-10(4)21)17(27-11(5)22)18(28-12(6)23)19(30-15)29-13(7)24/h8,14-19H,1-7H3/t14-,15+,16+,17-,18-,19?/m0/s1. The molecule has 0 amide bonds. The van der Waals surface area contributed by atoms with Gasteiger partial charge in [-0.2, -0.15) is 0 Å². The second-order valence-corrected chi connectivity index (χ2v) is 7.12. The van der Waals surface area contributed by atoms with Gasteiger partial charge in [0, 0.05) is 34.6 Å². The van der Waals surface area contributed by atoms with Crippen molar-refractivity contribution in [3.05, 3.63) is 0 Å². The van der Waals surface area contributed by atoms with E-state index < -0.39 is 66.7 Å². The summed E-state index contributed by atoms with van der Waals surface area (Å²) in [6.07, 6.45) is -7.82. The Morgan fingerprint density at radius 1 is 0.633 bits per heavy atom. The maximum atomic E-state index is 11.8. The fraction of sp³-hybridized carbons (Fsp3) is 0.737. The van der Waals surface area contributed by atoms with E-state index in [1.165, 1.54) is 6.92 Å². The molecule has 1 rings (SSSR count). The molecule has 0 radical (unpaired) electrons. The Morgan fingerprint density at radius 3 is 1.47 bits per heavy atom. The molecule has 11 heteroatoms. The molecule has 0 spiro atoms. The van der Waals surface area contributed by atoms with Crippen molar-refractivity contribution in [3.8, 4) is 0 Å². The number of esters is 5. The topological polar surface area (TPSA) is 141 Å². The summed E-state index contributed by atoms with van der Waals surface area (Å²) >= 11 is 0. The van der Waals surface area contributed by atoms with E-state index in [4.69, 9.17) is 28.4 Å². The molecule has 0 bridgehead atoms. The van der Waals surface area contributed by atoms with Gasteiger partial charge in [0.05, 0.1) is 0 Å². The summed E-state index contributed by atoms with van der Waals surface area (Å²) in [5, 5.41) is 0. The highest BCUT2D eigenvalue weighted by molar-refractivity contribution is 5.69. The fourth-order valence-electron chi connectivity index (χ4n) is 3.10. The largest absolute Gasteiger partial charge is 0.459 e. The first-order chi connectivity index (χ1) is 13.8. The number of ether oxygens (including phenoxy) is 6. The molecule has 1 aliphatic rings. The Kier molecular flexibility index (Phi) is 9.22. The molecule has 0 aromatic rings. The highest BCUT2D eigenvalue weighted by Gasteiger charge is 2.56. The minimum Gasteiger partial charge on any atom is -0.459 e. The summed E-state index contributed by atoms with van der Waals surface area (Å²) in [6.45, 7) is 9.06. The van der Waals surface area contributed by atoms with Crippen molar-refractivity contribution < 1.29 is 52.4 Å². The van der Waals surface area contributed by atoms with Crippen molar-refractivity contribution in [2.45, 2.75) is 85.3 Å². The summed E-state index contributed by atoms with van der Waals surface area (Å²) < 4.78 is 32.1. The van der Waals surface area contributed by atoms with Gasteiger partial charge in [-0.25, -0.2) is 0 Å². The van der Waals surface area contributed by atoms with Crippen molar-refractivity contribution in [2.75, 3.05) is 0 Å². The van der Waals surface area contributed by atoms with Crippen LogP contribution in [0, 0.1) is 5.92 Å². The first-order valence-electron chi connectivity index (χ1n) is 9.35. The van der Waals surface area contributed by atoms with Gasteiger partial charge in [0.15, 0.2) is 12.2 Å². The van der Waals surface area contributed by atoms with E-state index in [1.807, 2.05) is 0 Å². The number of carbonyl (C=O) groups excluding carboxylic acids is 5. The molecule has 1 aliphatic heterocycles. The summed E-state index contributed by atoms with van der Waals surface area (Å²) in [4.78, 5) is 58.4. The van der Waals surface area contributed by atoms with Crippen LogP contribution >= 0.6 is 0 Å². The molecule has 0 aromatic heterocycles. The molecule has 0 saturated carbocycles. The van der Waals surface area contributed by atoms with Crippen LogP contribution in [0.5, 0.6) is 0 Å². The summed E-state index contributed by atoms with van der Waals surface area (Å²) in [5.41, 5.74) is 0. The predicted octanol–water partition coefficient (Wildman–Crippen LogP) is 0.657. The molecular weight excluding hydrogens is 404 g/mol. The van der Waals surface area contributed by atoms with E-state index >= 15 is 0 Å². The molecule has 6 atom stereocenters. The summed E-state index contributed by atoms with van der Waals surface area (Å²) in [5.74, 6) is -4.03. The average Bonchev–Trinajstić information content (AvgIpc) is 2.55. The van der Waals surface area contributed by atoms with E-state index in [2.05, 4.69) is 0 Å². The Labute approximate surface area is 174 Å². The van der Waals surface area contributed by atoms with Crippen LogP contribution < -0.4 is 0 Å². The van der Waals surface area contributed by atoms with E-state index in [0.717, 1.165) is 27.7 Å². The van der Waals surface area contributed by atoms with Crippen LogP contribution in [0.1, 0.15) is 48.5 Å².